The van der Waals surface area contributed by atoms with Gasteiger partial charge in [-0.3, -0.25) is 10.9 Å². The van der Waals surface area contributed by atoms with E-state index >= 15 is 0 Å². The maximum absolute atomic E-state index is 4.94. The lowest BCUT2D eigenvalue weighted by Crippen LogP contribution is -2.18. The first-order valence-electron chi connectivity index (χ1n) is 3.96. The van der Waals surface area contributed by atoms with E-state index < -0.39 is 0 Å². The molecule has 2 heteroatoms. The van der Waals surface area contributed by atoms with E-state index in [-0.39, 0.29) is 0 Å². The summed E-state index contributed by atoms with van der Waals surface area (Å²) in [6, 6.07) is 0. The Morgan fingerprint density at radius 2 is 1.40 bits per heavy atom. The molecule has 64 valence electrons. The molecule has 0 aliphatic heterocycles. The van der Waals surface area contributed by atoms with Crippen LogP contribution in [0.15, 0.2) is 0 Å². The number of rotatable bonds is 2. The number of hydrogen-bond donors (Lipinski definition) is 1. The summed E-state index contributed by atoms with van der Waals surface area (Å²) in [5.41, 5.74) is 0. The third-order valence-corrected chi connectivity index (χ3v) is 1.39. The highest BCUT2D eigenvalue weighted by Gasteiger charge is 1.88. The largest absolute Gasteiger partial charge is 0.269 e. The third kappa shape index (κ3) is 24.7. The molecule has 0 fully saturated rings. The molecule has 10 heavy (non-hydrogen) atoms. The van der Waals surface area contributed by atoms with Gasteiger partial charge in [-0.15, -0.1) is 0 Å². The van der Waals surface area contributed by atoms with Crippen LogP contribution in [0.5, 0.6) is 0 Å². The molecule has 0 aliphatic carbocycles. The summed E-state index contributed by atoms with van der Waals surface area (Å²) in [5.74, 6) is 5.88. The van der Waals surface area contributed by atoms with Crippen LogP contribution in [0.25, 0.3) is 0 Å². The second kappa shape index (κ2) is 8.92. The number of nitrogens with two attached hydrogens (primary N) is 1. The topological polar surface area (TPSA) is 29.3 Å². The maximum Gasteiger partial charge on any atom is 0.00105 e. The van der Waals surface area contributed by atoms with Crippen molar-refractivity contribution in [2.75, 3.05) is 14.1 Å². The lowest BCUT2D eigenvalue weighted by Gasteiger charge is -1.98. The zero-order valence-corrected chi connectivity index (χ0v) is 8.02. The Hall–Kier alpha value is -0.0800. The summed E-state index contributed by atoms with van der Waals surface area (Å²) in [6.45, 7) is 6.74. The minimum absolute atomic E-state index is 0.935. The van der Waals surface area contributed by atoms with Crippen LogP contribution in [0.4, 0.5) is 0 Å². The fourth-order valence-corrected chi connectivity index (χ4v) is 0.289. The van der Waals surface area contributed by atoms with Crippen molar-refractivity contribution in [3.05, 3.63) is 0 Å². The molecule has 2 nitrogen and oxygen atoms in total. The van der Waals surface area contributed by atoms with E-state index in [0.29, 0.717) is 0 Å². The van der Waals surface area contributed by atoms with Crippen LogP contribution < -0.4 is 5.84 Å². The summed E-state index contributed by atoms with van der Waals surface area (Å²) >= 11 is 0. The molecule has 0 radical (unpaired) electrons. The van der Waals surface area contributed by atoms with Gasteiger partial charge in [0.15, 0.2) is 0 Å². The van der Waals surface area contributed by atoms with Crippen LogP contribution in [-0.4, -0.2) is 19.1 Å². The Morgan fingerprint density at radius 3 is 1.40 bits per heavy atom. The highest BCUT2D eigenvalue weighted by Crippen LogP contribution is 2.02. The van der Waals surface area contributed by atoms with Crippen molar-refractivity contribution >= 4 is 0 Å². The van der Waals surface area contributed by atoms with Crippen LogP contribution in [0.3, 0.4) is 0 Å². The van der Waals surface area contributed by atoms with E-state index in [1.54, 1.807) is 14.1 Å². The Morgan fingerprint density at radius 1 is 1.20 bits per heavy atom. The normalized spacial score (nSPS) is 9.60. The van der Waals surface area contributed by atoms with Gasteiger partial charge in [-0.1, -0.05) is 33.6 Å². The van der Waals surface area contributed by atoms with Gasteiger partial charge in [0.25, 0.3) is 0 Å². The van der Waals surface area contributed by atoms with Crippen molar-refractivity contribution < 1.29 is 0 Å². The second-order valence-electron chi connectivity index (χ2n) is 2.89. The quantitative estimate of drug-likeness (QED) is 0.476. The summed E-state index contributed by atoms with van der Waals surface area (Å²) in [6.07, 6.45) is 2.66. The molecule has 0 saturated carbocycles. The van der Waals surface area contributed by atoms with Gasteiger partial charge in [-0.25, -0.2) is 0 Å². The fourth-order valence-electron chi connectivity index (χ4n) is 0.289. The second-order valence-corrected chi connectivity index (χ2v) is 2.89. The Bertz CT molecular complexity index is 46.5. The van der Waals surface area contributed by atoms with Crippen LogP contribution >= 0.6 is 0 Å². The maximum atomic E-state index is 4.94. The van der Waals surface area contributed by atoms with Crippen molar-refractivity contribution in [1.82, 2.24) is 5.01 Å². The van der Waals surface area contributed by atoms with Gasteiger partial charge in [0.2, 0.25) is 0 Å². The molecule has 0 spiro atoms. The van der Waals surface area contributed by atoms with Crippen LogP contribution in [0, 0.1) is 5.92 Å². The summed E-state index contributed by atoms with van der Waals surface area (Å²) in [7, 11) is 3.56. The number of hydrogen-bond acceptors (Lipinski definition) is 2. The molecular formula is C8H22N2. The Kier molecular flexibility index (Phi) is 11.2. The van der Waals surface area contributed by atoms with Gasteiger partial charge < -0.3 is 0 Å². The number of nitrogens with zero attached hydrogens (tertiary/aromatic N) is 1. The summed E-state index contributed by atoms with van der Waals surface area (Å²) in [5, 5.41) is 1.50. The lowest BCUT2D eigenvalue weighted by molar-refractivity contribution is 0.432. The van der Waals surface area contributed by atoms with Gasteiger partial charge in [-0.2, -0.15) is 0 Å². The minimum atomic E-state index is 0.935. The molecule has 0 atom stereocenters. The van der Waals surface area contributed by atoms with E-state index in [2.05, 4.69) is 20.8 Å². The van der Waals surface area contributed by atoms with Crippen molar-refractivity contribution in [3.63, 3.8) is 0 Å². The lowest BCUT2D eigenvalue weighted by atomic mass is 10.1. The van der Waals surface area contributed by atoms with Crippen LogP contribution in [0.2, 0.25) is 0 Å². The molecule has 0 rings (SSSR count). The predicted octanol–water partition coefficient (Wildman–Crippen LogP) is 1.86. The third-order valence-electron chi connectivity index (χ3n) is 1.39. The molecule has 0 bridgehead atoms. The van der Waals surface area contributed by atoms with Gasteiger partial charge in [0.1, 0.15) is 0 Å². The first-order chi connectivity index (χ1) is 4.54. The van der Waals surface area contributed by atoms with Crippen molar-refractivity contribution in [2.45, 2.75) is 33.6 Å². The first-order valence-corrected chi connectivity index (χ1v) is 3.96. The summed E-state index contributed by atoms with van der Waals surface area (Å²) < 4.78 is 0. The monoisotopic (exact) mass is 146 g/mol. The molecule has 0 aromatic carbocycles. The van der Waals surface area contributed by atoms with Crippen molar-refractivity contribution in [1.29, 1.82) is 0 Å². The molecule has 2 N–H and O–H groups in total. The van der Waals surface area contributed by atoms with Gasteiger partial charge in [0, 0.05) is 14.1 Å². The summed E-state index contributed by atoms with van der Waals surface area (Å²) in [4.78, 5) is 0. The average molecular weight is 146 g/mol. The Labute approximate surface area is 65.4 Å². The molecule has 0 aromatic heterocycles. The average Bonchev–Trinajstić information content (AvgIpc) is 1.85. The smallest absolute Gasteiger partial charge is 0.00105 e. The highest BCUT2D eigenvalue weighted by molar-refractivity contribution is 4.41. The van der Waals surface area contributed by atoms with Crippen molar-refractivity contribution in [2.24, 2.45) is 11.8 Å². The molecule has 0 aromatic rings. The van der Waals surface area contributed by atoms with E-state index in [0.717, 1.165) is 5.92 Å². The van der Waals surface area contributed by atoms with Crippen LogP contribution in [0.1, 0.15) is 33.6 Å². The van der Waals surface area contributed by atoms with Gasteiger partial charge >= 0.3 is 0 Å². The van der Waals surface area contributed by atoms with E-state index in [1.165, 1.54) is 17.9 Å². The zero-order valence-electron chi connectivity index (χ0n) is 8.02. The predicted molar refractivity (Wildman–Crippen MR) is 47.6 cm³/mol. The molecular weight excluding hydrogens is 124 g/mol. The standard InChI is InChI=1S/C6H14.C2H8N2/c1-4-6(3)5-2;1-4(2)3/h6H,4-5H2,1-3H3;3H2,1-2H3. The van der Waals surface area contributed by atoms with Gasteiger partial charge in [-0.05, 0) is 5.92 Å². The molecule has 0 saturated heterocycles. The van der Waals surface area contributed by atoms with E-state index in [9.17, 15) is 0 Å². The van der Waals surface area contributed by atoms with E-state index in [1.807, 2.05) is 0 Å². The molecule has 0 amide bonds. The first kappa shape index (κ1) is 12.6. The molecule has 0 unspecified atom stereocenters. The SMILES string of the molecule is CCC(C)CC.CN(C)N. The van der Waals surface area contributed by atoms with Gasteiger partial charge in [0.05, 0.1) is 0 Å². The zero-order chi connectivity index (χ0) is 8.57. The Balaban J connectivity index is 0. The van der Waals surface area contributed by atoms with E-state index in [4.69, 9.17) is 5.84 Å². The number of hydrazine groups is 1. The fraction of sp³-hybridized carbons (Fsp3) is 1.00. The highest BCUT2D eigenvalue weighted by atomic mass is 15.4. The minimum Gasteiger partial charge on any atom is -0.269 e. The van der Waals surface area contributed by atoms with Crippen LogP contribution in [-0.2, 0) is 0 Å². The molecule has 0 aliphatic rings. The van der Waals surface area contributed by atoms with Crippen molar-refractivity contribution in [3.8, 4) is 0 Å². The molecule has 0 heterocycles.